The molecule has 1 aliphatic rings. The van der Waals surface area contributed by atoms with Crippen LogP contribution in [0, 0.1) is 6.20 Å². The van der Waals surface area contributed by atoms with Crippen LogP contribution in [0.2, 0.25) is 0 Å². The average molecular weight is 385 g/mol. The standard InChI is InChI=1S/C20H24N4O4/c1-5-14-9-15-16(22-18(14)26)8-13(10-21-15)11-23-6-7-24(12-17(23)25)19(27)28-20(2,3)4/h8-9H,5-7,11-12H2,1-4H3/p+1. The number of rotatable bonds is 3. The summed E-state index contributed by atoms with van der Waals surface area (Å²) in [6.07, 6.45) is 3.09. The molecule has 1 N–H and O–H groups in total. The number of hydrogen-bond donors (Lipinski definition) is 1. The van der Waals surface area contributed by atoms with Crippen molar-refractivity contribution in [2.45, 2.75) is 46.3 Å². The minimum Gasteiger partial charge on any atom is -0.444 e. The second-order valence-electron chi connectivity index (χ2n) is 7.89. The number of carbonyl (C=O) groups is 2. The van der Waals surface area contributed by atoms with E-state index in [-0.39, 0.29) is 18.0 Å². The Morgan fingerprint density at radius 2 is 2.04 bits per heavy atom. The number of ether oxygens (including phenoxy) is 1. The summed E-state index contributed by atoms with van der Waals surface area (Å²) >= 11 is 0. The fourth-order valence-corrected chi connectivity index (χ4v) is 3.02. The van der Waals surface area contributed by atoms with Gasteiger partial charge in [0.05, 0.1) is 6.54 Å². The van der Waals surface area contributed by atoms with E-state index in [4.69, 9.17) is 4.74 Å². The molecule has 0 saturated carbocycles. The highest BCUT2D eigenvalue weighted by Crippen LogP contribution is 2.14. The molecule has 0 radical (unpaired) electrons. The summed E-state index contributed by atoms with van der Waals surface area (Å²) in [5, 5.41) is 0. The minimum absolute atomic E-state index is 0.0212. The number of nitrogens with zero attached hydrogens (tertiary/aromatic N) is 3. The maximum Gasteiger partial charge on any atom is 0.410 e. The molecule has 0 atom stereocenters. The topological polar surface area (TPSA) is 96.8 Å². The highest BCUT2D eigenvalue weighted by molar-refractivity contribution is 5.83. The van der Waals surface area contributed by atoms with Crippen LogP contribution in [0.5, 0.6) is 0 Å². The van der Waals surface area contributed by atoms with Gasteiger partial charge in [-0.05, 0) is 38.2 Å². The third-order valence-electron chi connectivity index (χ3n) is 4.48. The van der Waals surface area contributed by atoms with Crippen molar-refractivity contribution in [1.29, 1.82) is 0 Å². The summed E-state index contributed by atoms with van der Waals surface area (Å²) in [7, 11) is 0. The Morgan fingerprint density at radius 3 is 2.68 bits per heavy atom. The van der Waals surface area contributed by atoms with E-state index in [1.54, 1.807) is 37.8 Å². The van der Waals surface area contributed by atoms with Gasteiger partial charge >= 0.3 is 17.8 Å². The second kappa shape index (κ2) is 7.50. The van der Waals surface area contributed by atoms with Crippen LogP contribution in [0.3, 0.4) is 0 Å². The van der Waals surface area contributed by atoms with Gasteiger partial charge < -0.3 is 14.6 Å². The number of H-pyrrole nitrogens is 1. The quantitative estimate of drug-likeness (QED) is 0.852. The van der Waals surface area contributed by atoms with Crippen molar-refractivity contribution >= 4 is 23.0 Å². The van der Waals surface area contributed by atoms with Crippen LogP contribution in [0.15, 0.2) is 16.9 Å². The maximum atomic E-state index is 12.5. The highest BCUT2D eigenvalue weighted by atomic mass is 16.6. The van der Waals surface area contributed by atoms with Gasteiger partial charge in [0, 0.05) is 24.7 Å². The lowest BCUT2D eigenvalue weighted by molar-refractivity contribution is -0.259. The van der Waals surface area contributed by atoms with Crippen LogP contribution < -0.4 is 10.5 Å². The van der Waals surface area contributed by atoms with Gasteiger partial charge in [-0.2, -0.15) is 0 Å². The van der Waals surface area contributed by atoms with Crippen molar-refractivity contribution in [3.8, 4) is 0 Å². The van der Waals surface area contributed by atoms with E-state index in [1.165, 1.54) is 4.90 Å². The Morgan fingerprint density at radius 1 is 1.29 bits per heavy atom. The summed E-state index contributed by atoms with van der Waals surface area (Å²) in [6.45, 7) is 8.39. The number of fused-ring (bicyclic) bond motifs is 1. The Hall–Kier alpha value is -3.08. The van der Waals surface area contributed by atoms with E-state index in [0.29, 0.717) is 48.2 Å². The van der Waals surface area contributed by atoms with E-state index in [9.17, 15) is 14.4 Å². The second-order valence-corrected chi connectivity index (χ2v) is 7.89. The normalized spacial score (nSPS) is 14.9. The molecule has 148 valence electrons. The molecule has 0 aliphatic carbocycles. The van der Waals surface area contributed by atoms with Gasteiger partial charge in [-0.3, -0.25) is 14.5 Å². The number of amides is 2. The number of aromatic amines is 1. The molecule has 3 heterocycles. The molecule has 1 aliphatic heterocycles. The van der Waals surface area contributed by atoms with Gasteiger partial charge in [0.2, 0.25) is 5.91 Å². The minimum atomic E-state index is -0.600. The van der Waals surface area contributed by atoms with E-state index >= 15 is 0 Å². The number of nitrogens with one attached hydrogen (secondary N) is 1. The smallest absolute Gasteiger partial charge is 0.410 e. The van der Waals surface area contributed by atoms with E-state index in [0.717, 1.165) is 0 Å². The molecule has 0 spiro atoms. The Bertz CT molecular complexity index is 961. The van der Waals surface area contributed by atoms with Gasteiger partial charge in [0.15, 0.2) is 0 Å². The third kappa shape index (κ3) is 4.42. The largest absolute Gasteiger partial charge is 0.444 e. The monoisotopic (exact) mass is 385 g/mol. The first-order valence-electron chi connectivity index (χ1n) is 9.35. The lowest BCUT2D eigenvalue weighted by Gasteiger charge is -2.34. The highest BCUT2D eigenvalue weighted by Gasteiger charge is 2.30. The summed E-state index contributed by atoms with van der Waals surface area (Å²) in [4.78, 5) is 46.8. The van der Waals surface area contributed by atoms with Crippen molar-refractivity contribution in [2.75, 3.05) is 19.6 Å². The molecular weight excluding hydrogens is 360 g/mol. The molecule has 8 nitrogen and oxygen atoms in total. The first kappa shape index (κ1) is 19.7. The molecule has 28 heavy (non-hydrogen) atoms. The lowest BCUT2D eigenvalue weighted by Crippen LogP contribution is -2.52. The Labute approximate surface area is 163 Å². The van der Waals surface area contributed by atoms with Crippen LogP contribution in [-0.2, 0) is 22.5 Å². The van der Waals surface area contributed by atoms with Crippen LogP contribution in [0.1, 0.15) is 38.8 Å². The number of aryl methyl sites for hydroxylation is 1. The Balaban J connectivity index is 1.68. The van der Waals surface area contributed by atoms with E-state index < -0.39 is 11.7 Å². The van der Waals surface area contributed by atoms with E-state index in [2.05, 4.69) is 16.2 Å². The lowest BCUT2D eigenvalue weighted by atomic mass is 10.1. The Kier molecular flexibility index (Phi) is 5.27. The number of piperazine rings is 1. The molecule has 2 amide bonds. The summed E-state index contributed by atoms with van der Waals surface area (Å²) in [6, 6.07) is 3.55. The SMILES string of the molecule is CCc1cc2[n+]#cc(CN3CCN(C(=O)OC(C)(C)C)CC3=O)cc2[nH]c1=O. The molecule has 1 fully saturated rings. The first-order chi connectivity index (χ1) is 13.2. The van der Waals surface area contributed by atoms with Crippen molar-refractivity contribution in [3.63, 3.8) is 0 Å². The predicted molar refractivity (Wildman–Crippen MR) is 102 cm³/mol. The van der Waals surface area contributed by atoms with Crippen LogP contribution >= 0.6 is 0 Å². The third-order valence-corrected chi connectivity index (χ3v) is 4.48. The van der Waals surface area contributed by atoms with Crippen LogP contribution in [0.25, 0.3) is 11.0 Å². The first-order valence-corrected chi connectivity index (χ1v) is 9.35. The van der Waals surface area contributed by atoms with Gasteiger partial charge in [0.1, 0.15) is 23.2 Å². The zero-order valence-electron chi connectivity index (χ0n) is 16.7. The van der Waals surface area contributed by atoms with Crippen molar-refractivity contribution in [2.24, 2.45) is 0 Å². The van der Waals surface area contributed by atoms with Crippen molar-refractivity contribution in [1.82, 2.24) is 14.8 Å². The van der Waals surface area contributed by atoms with Gasteiger partial charge in [-0.1, -0.05) is 6.92 Å². The molecule has 1 saturated heterocycles. The van der Waals surface area contributed by atoms with E-state index in [1.807, 2.05) is 6.92 Å². The number of aromatic nitrogens is 2. The summed E-state index contributed by atoms with van der Waals surface area (Å²) in [5.41, 5.74) is 1.94. The maximum absolute atomic E-state index is 12.5. The predicted octanol–water partition coefficient (Wildman–Crippen LogP) is 1.07. The molecule has 2 aromatic rings. The van der Waals surface area contributed by atoms with Gasteiger partial charge in [-0.15, -0.1) is 0 Å². The number of carbonyl (C=O) groups excluding carboxylic acids is 2. The molecule has 0 unspecified atom stereocenters. The molecular formula is C20H25N4O4+. The fourth-order valence-electron chi connectivity index (χ4n) is 3.02. The van der Waals surface area contributed by atoms with Crippen LogP contribution in [-0.4, -0.2) is 52.0 Å². The fraction of sp³-hybridized carbons (Fsp3) is 0.500. The zero-order chi connectivity index (χ0) is 20.5. The summed E-state index contributed by atoms with van der Waals surface area (Å²) < 4.78 is 5.32. The van der Waals surface area contributed by atoms with Gasteiger partial charge in [-0.25, -0.2) is 4.79 Å². The van der Waals surface area contributed by atoms with Crippen LogP contribution in [0.4, 0.5) is 4.79 Å². The van der Waals surface area contributed by atoms with Crippen molar-refractivity contribution in [3.05, 3.63) is 39.8 Å². The van der Waals surface area contributed by atoms with Gasteiger partial charge in [0.25, 0.3) is 5.56 Å². The molecule has 3 rings (SSSR count). The number of pyridine rings is 1. The molecule has 0 aromatic carbocycles. The molecule has 0 bridgehead atoms. The summed E-state index contributed by atoms with van der Waals surface area (Å²) in [5.74, 6) is -0.166. The van der Waals surface area contributed by atoms with Crippen molar-refractivity contribution < 1.29 is 19.3 Å². The zero-order valence-corrected chi connectivity index (χ0v) is 16.7. The molecule has 8 heteroatoms. The molecule has 2 aromatic heterocycles. The number of hydrogen-bond acceptors (Lipinski definition) is 4. The average Bonchev–Trinajstić information content (AvgIpc) is 2.61.